The summed E-state index contributed by atoms with van der Waals surface area (Å²) in [6.07, 6.45) is 5.95. The second-order valence-corrected chi connectivity index (χ2v) is 7.21. The number of amides is 1. The van der Waals surface area contributed by atoms with Crippen LogP contribution >= 0.6 is 0 Å². The number of halogens is 3. The van der Waals surface area contributed by atoms with Crippen LogP contribution in [0.25, 0.3) is 5.69 Å². The third-order valence-corrected chi connectivity index (χ3v) is 4.97. The molecule has 10 heteroatoms. The van der Waals surface area contributed by atoms with Crippen LogP contribution in [0.4, 0.5) is 13.2 Å². The predicted octanol–water partition coefficient (Wildman–Crippen LogP) is 3.79. The van der Waals surface area contributed by atoms with E-state index in [0.29, 0.717) is 25.2 Å². The minimum atomic E-state index is -3.00. The van der Waals surface area contributed by atoms with Crippen molar-refractivity contribution in [3.8, 4) is 5.69 Å². The van der Waals surface area contributed by atoms with Crippen molar-refractivity contribution in [1.82, 2.24) is 29.9 Å². The first kappa shape index (κ1) is 22.4. The first-order chi connectivity index (χ1) is 14.7. The maximum atomic E-state index is 14.5. The van der Waals surface area contributed by atoms with Crippen molar-refractivity contribution >= 4 is 5.91 Å². The number of para-hydroxylation sites is 1. The fourth-order valence-electron chi connectivity index (χ4n) is 3.24. The van der Waals surface area contributed by atoms with Gasteiger partial charge < -0.3 is 4.90 Å². The lowest BCUT2D eigenvalue weighted by Crippen LogP contribution is -2.39. The summed E-state index contributed by atoms with van der Waals surface area (Å²) in [7, 11) is 0. The van der Waals surface area contributed by atoms with Gasteiger partial charge in [-0.1, -0.05) is 6.07 Å². The van der Waals surface area contributed by atoms with Crippen molar-refractivity contribution in [3.63, 3.8) is 0 Å². The van der Waals surface area contributed by atoms with Gasteiger partial charge in [0.2, 0.25) is 0 Å². The molecule has 0 unspecified atom stereocenters. The molecule has 0 bridgehead atoms. The Bertz CT molecular complexity index is 1020. The van der Waals surface area contributed by atoms with Gasteiger partial charge in [0.25, 0.3) is 11.8 Å². The Hall–Kier alpha value is -3.30. The number of hydrogen-bond donors (Lipinski definition) is 0. The monoisotopic (exact) mass is 432 g/mol. The topological polar surface area (TPSA) is 76.8 Å². The zero-order valence-corrected chi connectivity index (χ0v) is 17.5. The highest BCUT2D eigenvalue weighted by molar-refractivity contribution is 5.98. The van der Waals surface area contributed by atoms with Crippen LogP contribution < -0.4 is 0 Å². The van der Waals surface area contributed by atoms with Crippen molar-refractivity contribution in [2.75, 3.05) is 6.54 Å². The fourth-order valence-corrected chi connectivity index (χ4v) is 3.24. The molecule has 1 aromatic carbocycles. The van der Waals surface area contributed by atoms with E-state index in [1.807, 2.05) is 13.8 Å². The summed E-state index contributed by atoms with van der Waals surface area (Å²) >= 11 is 0. The van der Waals surface area contributed by atoms with Gasteiger partial charge in [-0.2, -0.15) is 10.2 Å². The van der Waals surface area contributed by atoms with E-state index in [2.05, 4.69) is 20.2 Å². The molecule has 0 fully saturated rings. The number of alkyl halides is 2. The lowest BCUT2D eigenvalue weighted by molar-refractivity contribution is 0.0166. The number of hydrogen-bond acceptors (Lipinski definition) is 5. The van der Waals surface area contributed by atoms with Gasteiger partial charge in [-0.05, 0) is 32.4 Å². The van der Waals surface area contributed by atoms with Gasteiger partial charge in [-0.25, -0.2) is 23.1 Å². The molecule has 7 nitrogen and oxygen atoms in total. The lowest BCUT2D eigenvalue weighted by atomic mass is 10.1. The molecular formula is C21H23F3N6O. The van der Waals surface area contributed by atoms with E-state index >= 15 is 0 Å². The minimum Gasteiger partial charge on any atom is -0.336 e. The van der Waals surface area contributed by atoms with Gasteiger partial charge >= 0.3 is 0 Å². The van der Waals surface area contributed by atoms with Crippen LogP contribution in [0.1, 0.15) is 48.9 Å². The Kier molecular flexibility index (Phi) is 6.67. The summed E-state index contributed by atoms with van der Waals surface area (Å²) in [6, 6.07) is 4.02. The number of nitrogens with zero attached hydrogens (tertiary/aromatic N) is 6. The lowest BCUT2D eigenvalue weighted by Gasteiger charge is -2.28. The molecule has 3 aromatic rings. The summed E-state index contributed by atoms with van der Waals surface area (Å²) in [4.78, 5) is 23.9. The van der Waals surface area contributed by atoms with Crippen LogP contribution in [0, 0.1) is 5.82 Å². The molecule has 164 valence electrons. The number of benzene rings is 1. The third-order valence-electron chi connectivity index (χ3n) is 4.97. The van der Waals surface area contributed by atoms with Gasteiger partial charge in [0.15, 0.2) is 5.82 Å². The molecule has 1 atom stereocenters. The molecule has 1 amide bonds. The van der Waals surface area contributed by atoms with Gasteiger partial charge in [0, 0.05) is 38.3 Å². The highest BCUT2D eigenvalue weighted by Gasteiger charge is 2.27. The standard InChI is InChI=1S/C21H23F3N6O/c1-4-29(14(2)8-9-18-25-12-15(13-26-18)21(3,23)24)20(31)16-6-5-7-17(22)19(16)30-27-10-11-28-30/h5-7,10-14H,4,8-9H2,1-3H3/t14-/m0/s1. The smallest absolute Gasteiger partial charge is 0.273 e. The molecular weight excluding hydrogens is 409 g/mol. The number of aromatic nitrogens is 5. The molecule has 0 N–H and O–H groups in total. The second kappa shape index (κ2) is 9.23. The summed E-state index contributed by atoms with van der Waals surface area (Å²) in [5.41, 5.74) is -0.112. The molecule has 0 spiro atoms. The van der Waals surface area contributed by atoms with Crippen LogP contribution in [0.5, 0.6) is 0 Å². The SMILES string of the molecule is CCN(C(=O)c1cccc(F)c1-n1nccn1)[C@@H](C)CCc1ncc(C(C)(F)F)cn1. The first-order valence-corrected chi connectivity index (χ1v) is 9.87. The van der Waals surface area contributed by atoms with E-state index < -0.39 is 11.7 Å². The number of rotatable bonds is 8. The van der Waals surface area contributed by atoms with Crippen LogP contribution in [-0.4, -0.2) is 48.4 Å². The van der Waals surface area contributed by atoms with Gasteiger partial charge in [-0.3, -0.25) is 4.79 Å². The number of carbonyl (C=O) groups is 1. The molecule has 2 aromatic heterocycles. The summed E-state index contributed by atoms with van der Waals surface area (Å²) in [5, 5.41) is 7.89. The molecule has 0 radical (unpaired) electrons. The van der Waals surface area contributed by atoms with Crippen molar-refractivity contribution < 1.29 is 18.0 Å². The fraction of sp³-hybridized carbons (Fsp3) is 0.381. The van der Waals surface area contributed by atoms with Crippen molar-refractivity contribution in [2.24, 2.45) is 0 Å². The van der Waals surface area contributed by atoms with Crippen LogP contribution in [-0.2, 0) is 12.3 Å². The molecule has 0 saturated carbocycles. The predicted molar refractivity (Wildman–Crippen MR) is 107 cm³/mol. The largest absolute Gasteiger partial charge is 0.336 e. The van der Waals surface area contributed by atoms with Gasteiger partial charge in [0.1, 0.15) is 11.5 Å². The second-order valence-electron chi connectivity index (χ2n) is 7.21. The third kappa shape index (κ3) is 5.07. The van der Waals surface area contributed by atoms with E-state index in [4.69, 9.17) is 0 Å². The van der Waals surface area contributed by atoms with Gasteiger partial charge in [-0.15, -0.1) is 4.80 Å². The summed E-state index contributed by atoms with van der Waals surface area (Å²) in [6.45, 7) is 4.87. The van der Waals surface area contributed by atoms with E-state index in [9.17, 15) is 18.0 Å². The Morgan fingerprint density at radius 2 is 1.84 bits per heavy atom. The quantitative estimate of drug-likeness (QED) is 0.541. The molecule has 0 aliphatic carbocycles. The Morgan fingerprint density at radius 1 is 1.19 bits per heavy atom. The Morgan fingerprint density at radius 3 is 2.42 bits per heavy atom. The highest BCUT2D eigenvalue weighted by Crippen LogP contribution is 2.25. The molecule has 0 aliphatic heterocycles. The van der Waals surface area contributed by atoms with Gasteiger partial charge in [0.05, 0.1) is 23.5 Å². The Balaban J connectivity index is 1.75. The molecule has 2 heterocycles. The zero-order valence-electron chi connectivity index (χ0n) is 17.5. The number of aryl methyl sites for hydroxylation is 1. The van der Waals surface area contributed by atoms with Crippen molar-refractivity contribution in [2.45, 2.75) is 45.6 Å². The van der Waals surface area contributed by atoms with E-state index in [0.717, 1.165) is 24.1 Å². The molecule has 0 saturated heterocycles. The van der Waals surface area contributed by atoms with E-state index in [1.54, 1.807) is 4.90 Å². The Labute approximate surface area is 177 Å². The average Bonchev–Trinajstić information content (AvgIpc) is 3.26. The van der Waals surface area contributed by atoms with Crippen molar-refractivity contribution in [3.05, 3.63) is 65.8 Å². The first-order valence-electron chi connectivity index (χ1n) is 9.87. The average molecular weight is 432 g/mol. The van der Waals surface area contributed by atoms with E-state index in [-0.39, 0.29) is 28.8 Å². The van der Waals surface area contributed by atoms with Crippen LogP contribution in [0.3, 0.4) is 0 Å². The maximum absolute atomic E-state index is 14.5. The molecule has 31 heavy (non-hydrogen) atoms. The van der Waals surface area contributed by atoms with Crippen LogP contribution in [0.2, 0.25) is 0 Å². The zero-order chi connectivity index (χ0) is 22.6. The molecule has 0 aliphatic rings. The highest BCUT2D eigenvalue weighted by atomic mass is 19.3. The number of carbonyl (C=O) groups excluding carboxylic acids is 1. The van der Waals surface area contributed by atoms with Crippen molar-refractivity contribution in [1.29, 1.82) is 0 Å². The normalized spacial score (nSPS) is 12.6. The minimum absolute atomic E-state index is 0.0115. The maximum Gasteiger partial charge on any atom is 0.273 e. The summed E-state index contributed by atoms with van der Waals surface area (Å²) < 4.78 is 41.1. The summed E-state index contributed by atoms with van der Waals surface area (Å²) in [5.74, 6) is -3.55. The van der Waals surface area contributed by atoms with E-state index in [1.165, 1.54) is 30.6 Å². The van der Waals surface area contributed by atoms with Crippen LogP contribution in [0.15, 0.2) is 43.0 Å². The molecule has 3 rings (SSSR count).